The second kappa shape index (κ2) is 19.3. The van der Waals surface area contributed by atoms with Gasteiger partial charge in [-0.1, -0.05) is 74.5 Å². The quantitative estimate of drug-likeness (QED) is 0.131. The summed E-state index contributed by atoms with van der Waals surface area (Å²) in [6.07, 6.45) is 0.0812. The molecule has 0 saturated carbocycles. The van der Waals surface area contributed by atoms with Crippen LogP contribution in [0.5, 0.6) is 0 Å². The van der Waals surface area contributed by atoms with Crippen molar-refractivity contribution in [3.05, 3.63) is 71.8 Å². The molecule has 0 heterocycles. The van der Waals surface area contributed by atoms with Crippen LogP contribution in [-0.4, -0.2) is 124 Å². The number of carboxylic acid groups (broad SMARTS) is 3. The number of phosphoric acid groups is 1. The fraction of sp³-hybridized carbons (Fsp3) is 0.500. The van der Waals surface area contributed by atoms with E-state index >= 15 is 0 Å². The van der Waals surface area contributed by atoms with Crippen LogP contribution in [0.2, 0.25) is 0 Å². The number of phosphoric ester groups is 1. The molecule has 2 unspecified atom stereocenters. The monoisotopic (exact) mass is 637 g/mol. The van der Waals surface area contributed by atoms with Gasteiger partial charge in [-0.2, -0.15) is 0 Å². The number of likely N-dealkylation sites (N-methyl/N-ethyl adjacent to an activating group) is 1. The lowest BCUT2D eigenvalue weighted by atomic mass is 10.0. The zero-order valence-corrected chi connectivity index (χ0v) is 26.1. The van der Waals surface area contributed by atoms with Crippen LogP contribution in [0.25, 0.3) is 0 Å². The number of carboxylic acids is 3. The van der Waals surface area contributed by atoms with Crippen molar-refractivity contribution in [2.45, 2.75) is 38.8 Å². The Labute approximate surface area is 258 Å². The Hall–Kier alpha value is -3.16. The van der Waals surface area contributed by atoms with Gasteiger partial charge in [-0.3, -0.25) is 38.1 Å². The van der Waals surface area contributed by atoms with Crippen molar-refractivity contribution in [1.82, 2.24) is 14.7 Å². The minimum absolute atomic E-state index is 0.0139. The largest absolute Gasteiger partial charge is 0.480 e. The van der Waals surface area contributed by atoms with E-state index in [4.69, 9.17) is 19.3 Å². The molecule has 44 heavy (non-hydrogen) atoms. The highest BCUT2D eigenvalue weighted by molar-refractivity contribution is 7.47. The van der Waals surface area contributed by atoms with E-state index in [9.17, 15) is 28.9 Å². The topological polar surface area (TPSA) is 177 Å². The average molecular weight is 638 g/mol. The Balaban J connectivity index is 2.17. The van der Waals surface area contributed by atoms with E-state index in [1.807, 2.05) is 79.4 Å². The van der Waals surface area contributed by atoms with Gasteiger partial charge in [-0.25, -0.2) is 4.57 Å². The predicted molar refractivity (Wildman–Crippen MR) is 163 cm³/mol. The van der Waals surface area contributed by atoms with E-state index < -0.39 is 57.5 Å². The maximum atomic E-state index is 13.3. The second-order valence-electron chi connectivity index (χ2n) is 10.4. The van der Waals surface area contributed by atoms with E-state index in [0.29, 0.717) is 25.9 Å². The summed E-state index contributed by atoms with van der Waals surface area (Å²) in [7, 11) is -4.57. The molecule has 0 amide bonds. The summed E-state index contributed by atoms with van der Waals surface area (Å²) >= 11 is 0. The third kappa shape index (κ3) is 15.0. The van der Waals surface area contributed by atoms with Gasteiger partial charge in [-0.05, 0) is 37.1 Å². The fourth-order valence-corrected chi connectivity index (χ4v) is 5.86. The van der Waals surface area contributed by atoms with Crippen molar-refractivity contribution in [2.75, 3.05) is 59.0 Å². The fourth-order valence-electron chi connectivity index (χ4n) is 4.92. The van der Waals surface area contributed by atoms with Crippen molar-refractivity contribution >= 4 is 25.7 Å². The van der Waals surface area contributed by atoms with Gasteiger partial charge in [0.2, 0.25) is 0 Å². The van der Waals surface area contributed by atoms with E-state index in [2.05, 4.69) is 0 Å². The highest BCUT2D eigenvalue weighted by atomic mass is 31.2. The molecular weight excluding hydrogens is 593 g/mol. The Morgan fingerprint density at radius 3 is 1.61 bits per heavy atom. The summed E-state index contributed by atoms with van der Waals surface area (Å²) in [5.74, 6) is -3.54. The molecule has 0 radical (unpaired) electrons. The van der Waals surface area contributed by atoms with E-state index in [0.717, 1.165) is 11.1 Å². The van der Waals surface area contributed by atoms with Crippen LogP contribution in [0.15, 0.2) is 60.7 Å². The van der Waals surface area contributed by atoms with Gasteiger partial charge in [-0.15, -0.1) is 0 Å². The Morgan fingerprint density at radius 2 is 1.18 bits per heavy atom. The van der Waals surface area contributed by atoms with Gasteiger partial charge >= 0.3 is 25.7 Å². The van der Waals surface area contributed by atoms with E-state index in [1.54, 1.807) is 0 Å². The summed E-state index contributed by atoms with van der Waals surface area (Å²) < 4.78 is 24.5. The first kappa shape index (κ1) is 37.0. The third-order valence-electron chi connectivity index (χ3n) is 6.93. The molecule has 0 fully saturated rings. The number of nitrogens with zero attached hydrogens (tertiary/aromatic N) is 3. The molecule has 0 aliphatic carbocycles. The lowest BCUT2D eigenvalue weighted by Crippen LogP contribution is -2.49. The second-order valence-corrected chi connectivity index (χ2v) is 11.8. The molecule has 4 N–H and O–H groups in total. The molecule has 0 aliphatic heterocycles. The number of hydrogen-bond donors (Lipinski definition) is 4. The number of rotatable bonds is 23. The lowest BCUT2D eigenvalue weighted by Gasteiger charge is -2.34. The summed E-state index contributed by atoms with van der Waals surface area (Å²) in [5.41, 5.74) is 1.86. The van der Waals surface area contributed by atoms with Crippen molar-refractivity contribution in [3.8, 4) is 0 Å². The molecule has 2 aromatic rings. The Kier molecular flexibility index (Phi) is 16.2. The molecule has 0 aromatic heterocycles. The molecule has 2 rings (SSSR count). The molecule has 2 aromatic carbocycles. The van der Waals surface area contributed by atoms with Crippen LogP contribution < -0.4 is 0 Å². The number of aliphatic carboxylic acids is 3. The van der Waals surface area contributed by atoms with Crippen molar-refractivity contribution in [1.29, 1.82) is 0 Å². The number of benzene rings is 2. The summed E-state index contributed by atoms with van der Waals surface area (Å²) in [6.45, 7) is 3.30. The maximum Gasteiger partial charge on any atom is 0.472 e. The lowest BCUT2D eigenvalue weighted by molar-refractivity contribution is -0.143. The summed E-state index contributed by atoms with van der Waals surface area (Å²) in [5, 5.41) is 27.8. The molecule has 0 saturated heterocycles. The molecule has 0 spiro atoms. The van der Waals surface area contributed by atoms with Gasteiger partial charge < -0.3 is 20.2 Å². The van der Waals surface area contributed by atoms with E-state index in [-0.39, 0.29) is 26.2 Å². The SMILES string of the molecule is CCN(CC)C(COP(=O)(O)OC(Cc1ccccc1)Cc1ccccc1)CN(CCN(CC(=O)O)CC(=O)O)CC(=O)O. The summed E-state index contributed by atoms with van der Waals surface area (Å²) in [6, 6.07) is 18.4. The van der Waals surface area contributed by atoms with Crippen LogP contribution in [0.1, 0.15) is 25.0 Å². The van der Waals surface area contributed by atoms with Gasteiger partial charge in [0.1, 0.15) is 0 Å². The Bertz CT molecular complexity index is 1140. The molecule has 0 aliphatic rings. The minimum atomic E-state index is -4.57. The Morgan fingerprint density at radius 1 is 0.750 bits per heavy atom. The van der Waals surface area contributed by atoms with Gasteiger partial charge in [0.25, 0.3) is 0 Å². The first-order valence-electron chi connectivity index (χ1n) is 14.5. The predicted octanol–water partition coefficient (Wildman–Crippen LogP) is 2.54. The molecule has 244 valence electrons. The van der Waals surface area contributed by atoms with Gasteiger partial charge in [0, 0.05) is 25.7 Å². The van der Waals surface area contributed by atoms with Gasteiger partial charge in [0.15, 0.2) is 0 Å². The minimum Gasteiger partial charge on any atom is -0.480 e. The first-order valence-corrected chi connectivity index (χ1v) is 16.0. The zero-order chi connectivity index (χ0) is 32.5. The first-order chi connectivity index (χ1) is 20.9. The molecule has 2 atom stereocenters. The van der Waals surface area contributed by atoms with Crippen molar-refractivity contribution < 1.29 is 48.2 Å². The van der Waals surface area contributed by atoms with Gasteiger partial charge in [0.05, 0.1) is 32.3 Å². The van der Waals surface area contributed by atoms with Crippen LogP contribution in [0.4, 0.5) is 0 Å². The van der Waals surface area contributed by atoms with Crippen LogP contribution in [-0.2, 0) is 40.8 Å². The number of carbonyl (C=O) groups is 3. The van der Waals surface area contributed by atoms with E-state index in [1.165, 1.54) is 9.80 Å². The zero-order valence-electron chi connectivity index (χ0n) is 25.2. The normalized spacial score (nSPS) is 13.8. The highest BCUT2D eigenvalue weighted by Gasteiger charge is 2.31. The highest BCUT2D eigenvalue weighted by Crippen LogP contribution is 2.45. The third-order valence-corrected chi connectivity index (χ3v) is 7.97. The maximum absolute atomic E-state index is 13.3. The standard InChI is InChI=1S/C30H44N3O10P/c1-3-33(4-2)26(19-31(20-28(34)35)15-16-32(21-29(36)37)22-30(38)39)23-42-44(40,41)43-27(17-24-11-7-5-8-12-24)18-25-13-9-6-10-14-25/h5-14,26-27H,3-4,15-23H2,1-2H3,(H,34,35)(H,36,37)(H,38,39)(H,40,41). The molecule has 13 nitrogen and oxygen atoms in total. The van der Waals surface area contributed by atoms with Crippen molar-refractivity contribution in [2.24, 2.45) is 0 Å². The van der Waals surface area contributed by atoms with Crippen molar-refractivity contribution in [3.63, 3.8) is 0 Å². The molecular formula is C30H44N3O10P. The molecule has 0 bridgehead atoms. The average Bonchev–Trinajstić information content (AvgIpc) is 2.95. The summed E-state index contributed by atoms with van der Waals surface area (Å²) in [4.78, 5) is 49.5. The van der Waals surface area contributed by atoms with Crippen LogP contribution in [0, 0.1) is 0 Å². The number of hydrogen-bond acceptors (Lipinski definition) is 9. The van der Waals surface area contributed by atoms with Crippen LogP contribution in [0.3, 0.4) is 0 Å². The molecule has 14 heteroatoms. The van der Waals surface area contributed by atoms with Crippen LogP contribution >= 0.6 is 7.82 Å². The smallest absolute Gasteiger partial charge is 0.472 e.